The van der Waals surface area contributed by atoms with Crippen molar-refractivity contribution in [2.24, 2.45) is 5.16 Å². The van der Waals surface area contributed by atoms with Crippen LogP contribution in [0.3, 0.4) is 0 Å². The van der Waals surface area contributed by atoms with E-state index in [1.807, 2.05) is 30.3 Å². The van der Waals surface area contributed by atoms with E-state index in [9.17, 15) is 4.79 Å². The molecule has 0 saturated carbocycles. The van der Waals surface area contributed by atoms with Crippen LogP contribution in [0.25, 0.3) is 0 Å². The Morgan fingerprint density at radius 3 is 2.35 bits per heavy atom. The van der Waals surface area contributed by atoms with Crippen molar-refractivity contribution in [2.75, 3.05) is 0 Å². The summed E-state index contributed by atoms with van der Waals surface area (Å²) in [5.41, 5.74) is 1.60. The monoisotopic (exact) mass is 269 g/mol. The summed E-state index contributed by atoms with van der Waals surface area (Å²) >= 11 is 0. The van der Waals surface area contributed by atoms with Gasteiger partial charge in [0.15, 0.2) is 0 Å². The number of Topliss-reactive ketones (excluding diaryl/α,β-unsaturated/α-hetero) is 1. The molecule has 0 aliphatic carbocycles. The highest BCUT2D eigenvalue weighted by Crippen LogP contribution is 2.15. The molecule has 0 aliphatic heterocycles. The highest BCUT2D eigenvalue weighted by atomic mass is 16.5. The van der Waals surface area contributed by atoms with Crippen molar-refractivity contribution in [3.63, 3.8) is 0 Å². The fraction of sp³-hybridized carbons (Fsp3) is 0.125. The van der Waals surface area contributed by atoms with Gasteiger partial charge in [0.1, 0.15) is 18.1 Å². The summed E-state index contributed by atoms with van der Waals surface area (Å²) in [6.45, 7) is 1.94. The number of rotatable bonds is 5. The van der Waals surface area contributed by atoms with Gasteiger partial charge < -0.3 is 9.94 Å². The first kappa shape index (κ1) is 13.8. The SMILES string of the molecule is C/C(=N/O)C(=O)c1ccc(OCc2ccccc2)cc1. The summed E-state index contributed by atoms with van der Waals surface area (Å²) in [5, 5.41) is 11.5. The molecule has 2 aromatic carbocycles. The van der Waals surface area contributed by atoms with Gasteiger partial charge in [0.25, 0.3) is 0 Å². The largest absolute Gasteiger partial charge is 0.489 e. The van der Waals surface area contributed by atoms with E-state index >= 15 is 0 Å². The zero-order valence-corrected chi connectivity index (χ0v) is 11.1. The third kappa shape index (κ3) is 3.45. The molecule has 0 aromatic heterocycles. The maximum Gasteiger partial charge on any atom is 0.210 e. The van der Waals surface area contributed by atoms with Crippen LogP contribution in [-0.2, 0) is 6.61 Å². The third-order valence-electron chi connectivity index (χ3n) is 2.84. The first-order valence-electron chi connectivity index (χ1n) is 6.21. The van der Waals surface area contributed by atoms with Crippen LogP contribution in [0.2, 0.25) is 0 Å². The number of nitrogens with zero attached hydrogens (tertiary/aromatic N) is 1. The lowest BCUT2D eigenvalue weighted by Crippen LogP contribution is -2.10. The topological polar surface area (TPSA) is 58.9 Å². The zero-order valence-electron chi connectivity index (χ0n) is 11.1. The minimum Gasteiger partial charge on any atom is -0.489 e. The van der Waals surface area contributed by atoms with Crippen LogP contribution in [0.5, 0.6) is 5.75 Å². The highest BCUT2D eigenvalue weighted by molar-refractivity contribution is 6.45. The maximum atomic E-state index is 11.7. The molecule has 4 nitrogen and oxygen atoms in total. The van der Waals surface area contributed by atoms with E-state index in [1.54, 1.807) is 24.3 Å². The van der Waals surface area contributed by atoms with Crippen LogP contribution < -0.4 is 4.74 Å². The average Bonchev–Trinajstić information content (AvgIpc) is 2.53. The van der Waals surface area contributed by atoms with Crippen molar-refractivity contribution in [1.82, 2.24) is 0 Å². The molecule has 2 aromatic rings. The Morgan fingerprint density at radius 1 is 1.10 bits per heavy atom. The molecule has 0 aliphatic rings. The normalized spacial score (nSPS) is 11.2. The van der Waals surface area contributed by atoms with E-state index in [-0.39, 0.29) is 11.5 Å². The van der Waals surface area contributed by atoms with Crippen molar-refractivity contribution in [3.8, 4) is 5.75 Å². The minimum absolute atomic E-state index is 0.0583. The molecule has 4 heteroatoms. The summed E-state index contributed by atoms with van der Waals surface area (Å²) in [6.07, 6.45) is 0. The molecule has 0 saturated heterocycles. The molecular weight excluding hydrogens is 254 g/mol. The summed E-state index contributed by atoms with van der Waals surface area (Å²) in [5.74, 6) is 0.381. The summed E-state index contributed by atoms with van der Waals surface area (Å²) in [7, 11) is 0. The van der Waals surface area contributed by atoms with Crippen molar-refractivity contribution in [2.45, 2.75) is 13.5 Å². The zero-order chi connectivity index (χ0) is 14.4. The lowest BCUT2D eigenvalue weighted by atomic mass is 10.1. The molecule has 0 bridgehead atoms. The molecule has 102 valence electrons. The van der Waals surface area contributed by atoms with Crippen LogP contribution in [-0.4, -0.2) is 16.7 Å². The summed E-state index contributed by atoms with van der Waals surface area (Å²) in [4.78, 5) is 11.7. The minimum atomic E-state index is -0.304. The van der Waals surface area contributed by atoms with Gasteiger partial charge in [0.2, 0.25) is 5.78 Å². The molecule has 2 rings (SSSR count). The number of carbonyl (C=O) groups excluding carboxylic acids is 1. The highest BCUT2D eigenvalue weighted by Gasteiger charge is 2.09. The third-order valence-corrected chi connectivity index (χ3v) is 2.84. The van der Waals surface area contributed by atoms with E-state index in [0.29, 0.717) is 17.9 Å². The van der Waals surface area contributed by atoms with Gasteiger partial charge in [-0.05, 0) is 36.8 Å². The molecule has 0 amide bonds. The second-order valence-corrected chi connectivity index (χ2v) is 4.31. The lowest BCUT2D eigenvalue weighted by molar-refractivity contribution is 0.106. The van der Waals surface area contributed by atoms with Crippen LogP contribution in [0, 0.1) is 0 Å². The lowest BCUT2D eigenvalue weighted by Gasteiger charge is -2.07. The number of ether oxygens (including phenoxy) is 1. The summed E-state index contributed by atoms with van der Waals surface area (Å²) < 4.78 is 5.62. The fourth-order valence-electron chi connectivity index (χ4n) is 1.70. The van der Waals surface area contributed by atoms with E-state index in [4.69, 9.17) is 9.94 Å². The number of ketones is 1. The van der Waals surface area contributed by atoms with Gasteiger partial charge in [-0.2, -0.15) is 0 Å². The van der Waals surface area contributed by atoms with Crippen LogP contribution in [0.1, 0.15) is 22.8 Å². The molecule has 1 N–H and O–H groups in total. The van der Waals surface area contributed by atoms with Crippen molar-refractivity contribution >= 4 is 11.5 Å². The Labute approximate surface area is 117 Å². The molecule has 0 radical (unpaired) electrons. The van der Waals surface area contributed by atoms with E-state index in [0.717, 1.165) is 5.56 Å². The average molecular weight is 269 g/mol. The molecule has 0 atom stereocenters. The molecule has 0 heterocycles. The molecule has 0 unspecified atom stereocenters. The Morgan fingerprint density at radius 2 is 1.75 bits per heavy atom. The van der Waals surface area contributed by atoms with Crippen LogP contribution >= 0.6 is 0 Å². The Hall–Kier alpha value is -2.62. The quantitative estimate of drug-likeness (QED) is 0.392. The van der Waals surface area contributed by atoms with Crippen molar-refractivity contribution in [1.29, 1.82) is 0 Å². The van der Waals surface area contributed by atoms with Gasteiger partial charge in [-0.1, -0.05) is 35.5 Å². The van der Waals surface area contributed by atoms with Gasteiger partial charge in [-0.25, -0.2) is 0 Å². The van der Waals surface area contributed by atoms with Crippen molar-refractivity contribution in [3.05, 3.63) is 65.7 Å². The molecular formula is C16H15NO3. The van der Waals surface area contributed by atoms with Gasteiger partial charge in [0.05, 0.1) is 0 Å². The van der Waals surface area contributed by atoms with Gasteiger partial charge in [-0.15, -0.1) is 0 Å². The van der Waals surface area contributed by atoms with Gasteiger partial charge >= 0.3 is 0 Å². The van der Waals surface area contributed by atoms with Gasteiger partial charge in [0, 0.05) is 5.56 Å². The number of carbonyl (C=O) groups is 1. The Balaban J connectivity index is 2.00. The second-order valence-electron chi connectivity index (χ2n) is 4.31. The van der Waals surface area contributed by atoms with Crippen LogP contribution in [0.15, 0.2) is 59.8 Å². The Bertz CT molecular complexity index is 603. The smallest absolute Gasteiger partial charge is 0.210 e. The molecule has 20 heavy (non-hydrogen) atoms. The van der Waals surface area contributed by atoms with Crippen LogP contribution in [0.4, 0.5) is 0 Å². The Kier molecular flexibility index (Phi) is 4.50. The fourth-order valence-corrected chi connectivity index (χ4v) is 1.70. The first-order valence-corrected chi connectivity index (χ1v) is 6.21. The summed E-state index contributed by atoms with van der Waals surface area (Å²) in [6, 6.07) is 16.6. The van der Waals surface area contributed by atoms with E-state index in [2.05, 4.69) is 5.16 Å². The van der Waals surface area contributed by atoms with Gasteiger partial charge in [-0.3, -0.25) is 4.79 Å². The molecule has 0 spiro atoms. The standard InChI is InChI=1S/C16H15NO3/c1-12(17-19)16(18)14-7-9-15(10-8-14)20-11-13-5-3-2-4-6-13/h2-10,19H,11H2,1H3/b17-12-. The predicted molar refractivity (Wildman–Crippen MR) is 76.4 cm³/mol. The maximum absolute atomic E-state index is 11.7. The number of hydrogen-bond acceptors (Lipinski definition) is 4. The van der Waals surface area contributed by atoms with Crippen molar-refractivity contribution < 1.29 is 14.7 Å². The predicted octanol–water partition coefficient (Wildman–Crippen LogP) is 3.30. The first-order chi connectivity index (χ1) is 9.70. The van der Waals surface area contributed by atoms with E-state index in [1.165, 1.54) is 6.92 Å². The number of hydrogen-bond donors (Lipinski definition) is 1. The second kappa shape index (κ2) is 6.52. The number of benzene rings is 2. The number of oxime groups is 1. The molecule has 0 fully saturated rings. The van der Waals surface area contributed by atoms with E-state index < -0.39 is 0 Å².